The molecule has 2 aliphatic heterocycles. The first-order chi connectivity index (χ1) is 14.3. The SMILES string of the molecule is CC1=C2[C@@H](CC/C(=C/c3cccc(O)c3)c3ccccn3)OB(O)C[C@@H]2S(=O)(=O)C1. The van der Waals surface area contributed by atoms with Crippen molar-refractivity contribution in [2.75, 3.05) is 5.75 Å². The van der Waals surface area contributed by atoms with E-state index in [1.54, 1.807) is 24.4 Å². The molecule has 2 atom stereocenters. The summed E-state index contributed by atoms with van der Waals surface area (Å²) in [4.78, 5) is 4.45. The topological polar surface area (TPSA) is 96.7 Å². The highest BCUT2D eigenvalue weighted by atomic mass is 32.2. The molecule has 6 nitrogen and oxygen atoms in total. The van der Waals surface area contributed by atoms with Crippen molar-refractivity contribution in [1.82, 2.24) is 4.98 Å². The predicted molar refractivity (Wildman–Crippen MR) is 117 cm³/mol. The van der Waals surface area contributed by atoms with Crippen LogP contribution in [0.1, 0.15) is 31.0 Å². The molecule has 1 aromatic heterocycles. The molecule has 156 valence electrons. The summed E-state index contributed by atoms with van der Waals surface area (Å²) in [7, 11) is -4.36. The molecule has 4 rings (SSSR count). The van der Waals surface area contributed by atoms with Crippen LogP contribution in [0.15, 0.2) is 59.8 Å². The summed E-state index contributed by atoms with van der Waals surface area (Å²) in [5.41, 5.74) is 4.22. The number of hydrogen-bond acceptors (Lipinski definition) is 6. The number of phenols is 1. The molecular formula is C22H24BNO5S. The molecule has 0 spiro atoms. The molecule has 1 aromatic carbocycles. The Labute approximate surface area is 177 Å². The third-order valence-electron chi connectivity index (χ3n) is 5.66. The molecule has 0 amide bonds. The third-order valence-corrected chi connectivity index (χ3v) is 7.80. The van der Waals surface area contributed by atoms with Crippen molar-refractivity contribution in [2.45, 2.75) is 37.4 Å². The van der Waals surface area contributed by atoms with Gasteiger partial charge in [0.2, 0.25) is 0 Å². The lowest BCUT2D eigenvalue weighted by molar-refractivity contribution is 0.171. The average Bonchev–Trinajstić information content (AvgIpc) is 2.94. The van der Waals surface area contributed by atoms with E-state index >= 15 is 0 Å². The molecule has 0 radical (unpaired) electrons. The first-order valence-electron chi connectivity index (χ1n) is 9.99. The van der Waals surface area contributed by atoms with E-state index in [0.29, 0.717) is 12.8 Å². The minimum atomic E-state index is -3.28. The third kappa shape index (κ3) is 4.36. The number of nitrogens with zero attached hydrogens (tertiary/aromatic N) is 1. The van der Waals surface area contributed by atoms with Crippen LogP contribution in [-0.4, -0.2) is 47.8 Å². The van der Waals surface area contributed by atoms with E-state index in [1.807, 2.05) is 37.3 Å². The lowest BCUT2D eigenvalue weighted by Gasteiger charge is -2.31. The zero-order valence-corrected chi connectivity index (χ0v) is 17.5. The molecule has 2 aromatic rings. The zero-order valence-electron chi connectivity index (χ0n) is 16.7. The van der Waals surface area contributed by atoms with Gasteiger partial charge in [-0.05, 0) is 66.8 Å². The second-order valence-electron chi connectivity index (χ2n) is 7.86. The second kappa shape index (κ2) is 8.37. The predicted octanol–water partition coefficient (Wildman–Crippen LogP) is 3.10. The van der Waals surface area contributed by atoms with Gasteiger partial charge < -0.3 is 14.8 Å². The molecule has 2 N–H and O–H groups in total. The standard InChI is InChI=1S/C22H24BNO5S/c1-15-14-30(27,28)21-13-23(26)29-20(22(15)21)9-8-17(19-7-2-3-10-24-19)11-16-5-4-6-18(25)12-16/h2-7,10-12,20-21,25-26H,8-9,13-14H2,1H3/b17-11-/t20-,21+/m1/s1. The molecule has 0 bridgehead atoms. The molecule has 8 heteroatoms. The number of rotatable bonds is 5. The fourth-order valence-corrected chi connectivity index (χ4v) is 6.53. The molecule has 0 aliphatic carbocycles. The van der Waals surface area contributed by atoms with Gasteiger partial charge in [-0.15, -0.1) is 0 Å². The van der Waals surface area contributed by atoms with Gasteiger partial charge in [0.1, 0.15) is 5.75 Å². The van der Waals surface area contributed by atoms with Crippen molar-refractivity contribution in [1.29, 1.82) is 0 Å². The van der Waals surface area contributed by atoms with Gasteiger partial charge in [-0.1, -0.05) is 23.8 Å². The first kappa shape index (κ1) is 20.8. The van der Waals surface area contributed by atoms with Gasteiger partial charge in [-0.25, -0.2) is 8.42 Å². The van der Waals surface area contributed by atoms with Gasteiger partial charge >= 0.3 is 7.12 Å². The smallest absolute Gasteiger partial charge is 0.456 e. The number of aromatic hydroxyl groups is 1. The molecule has 1 saturated heterocycles. The van der Waals surface area contributed by atoms with Crippen LogP contribution in [0.25, 0.3) is 11.6 Å². The van der Waals surface area contributed by atoms with E-state index in [9.17, 15) is 18.5 Å². The highest BCUT2D eigenvalue weighted by Crippen LogP contribution is 2.39. The Morgan fingerprint density at radius 3 is 2.87 bits per heavy atom. The molecule has 0 saturated carbocycles. The molecule has 30 heavy (non-hydrogen) atoms. The van der Waals surface area contributed by atoms with E-state index < -0.39 is 28.3 Å². The number of hydrogen-bond donors (Lipinski definition) is 2. The van der Waals surface area contributed by atoms with E-state index in [4.69, 9.17) is 4.65 Å². The minimum Gasteiger partial charge on any atom is -0.508 e. The van der Waals surface area contributed by atoms with Crippen molar-refractivity contribution in [3.63, 3.8) is 0 Å². The summed E-state index contributed by atoms with van der Waals surface area (Å²) in [6, 6.07) is 12.6. The van der Waals surface area contributed by atoms with Crippen LogP contribution < -0.4 is 0 Å². The number of sulfone groups is 1. The van der Waals surface area contributed by atoms with Gasteiger partial charge in [0.25, 0.3) is 0 Å². The summed E-state index contributed by atoms with van der Waals surface area (Å²) in [6.07, 6.45) is 4.43. The van der Waals surface area contributed by atoms with Crippen molar-refractivity contribution in [3.8, 4) is 5.75 Å². The largest absolute Gasteiger partial charge is 0.508 e. The van der Waals surface area contributed by atoms with E-state index in [1.165, 1.54) is 0 Å². The number of phenolic OH excluding ortho intramolecular Hbond substituents is 1. The second-order valence-corrected chi connectivity index (χ2v) is 10.0. The van der Waals surface area contributed by atoms with Crippen LogP contribution in [0.4, 0.5) is 0 Å². The van der Waals surface area contributed by atoms with Crippen molar-refractivity contribution < 1.29 is 23.2 Å². The van der Waals surface area contributed by atoms with Crippen LogP contribution in [0.5, 0.6) is 5.75 Å². The Morgan fingerprint density at radius 1 is 1.30 bits per heavy atom. The van der Waals surface area contributed by atoms with Crippen LogP contribution in [0.3, 0.4) is 0 Å². The van der Waals surface area contributed by atoms with Crippen LogP contribution >= 0.6 is 0 Å². The molecular weight excluding hydrogens is 401 g/mol. The number of fused-ring (bicyclic) bond motifs is 1. The van der Waals surface area contributed by atoms with Crippen molar-refractivity contribution in [2.24, 2.45) is 0 Å². The molecule has 1 fully saturated rings. The monoisotopic (exact) mass is 425 g/mol. The summed E-state index contributed by atoms with van der Waals surface area (Å²) >= 11 is 0. The quantitative estimate of drug-likeness (QED) is 0.565. The first-order valence-corrected chi connectivity index (χ1v) is 11.7. The molecule has 3 heterocycles. The van der Waals surface area contributed by atoms with E-state index in [0.717, 1.165) is 28.0 Å². The maximum Gasteiger partial charge on any atom is 0.456 e. The average molecular weight is 425 g/mol. The van der Waals surface area contributed by atoms with Gasteiger partial charge in [0, 0.05) is 12.5 Å². The van der Waals surface area contributed by atoms with Crippen LogP contribution in [-0.2, 0) is 14.5 Å². The van der Waals surface area contributed by atoms with Crippen LogP contribution in [0, 0.1) is 0 Å². The molecule has 0 unspecified atom stereocenters. The number of aromatic nitrogens is 1. The number of allylic oxidation sites excluding steroid dienone is 1. The summed E-state index contributed by atoms with van der Waals surface area (Å²) in [6.45, 7) is 1.84. The Morgan fingerprint density at radius 2 is 2.13 bits per heavy atom. The van der Waals surface area contributed by atoms with Gasteiger partial charge in [-0.2, -0.15) is 0 Å². The van der Waals surface area contributed by atoms with Crippen molar-refractivity contribution in [3.05, 3.63) is 71.1 Å². The van der Waals surface area contributed by atoms with E-state index in [2.05, 4.69) is 4.98 Å². The maximum atomic E-state index is 12.5. The fraction of sp³-hybridized carbons (Fsp3) is 0.318. The Bertz CT molecular complexity index is 1100. The zero-order chi connectivity index (χ0) is 21.3. The van der Waals surface area contributed by atoms with Gasteiger partial charge in [-0.3, -0.25) is 4.98 Å². The summed E-state index contributed by atoms with van der Waals surface area (Å²) in [5.74, 6) is 0.217. The summed E-state index contributed by atoms with van der Waals surface area (Å²) in [5, 5.41) is 19.3. The minimum absolute atomic E-state index is 0.0335. The Hall–Kier alpha value is -2.42. The Balaban J connectivity index is 1.62. The molecule has 2 aliphatic rings. The number of pyridine rings is 1. The normalized spacial score (nSPS) is 23.5. The lowest BCUT2D eigenvalue weighted by atomic mass is 9.74. The van der Waals surface area contributed by atoms with Crippen molar-refractivity contribution >= 4 is 28.6 Å². The Kier molecular flexibility index (Phi) is 5.82. The fourth-order valence-electron chi connectivity index (χ4n) is 4.36. The summed E-state index contributed by atoms with van der Waals surface area (Å²) < 4.78 is 30.7. The van der Waals surface area contributed by atoms with Crippen LogP contribution in [0.2, 0.25) is 6.32 Å². The van der Waals surface area contributed by atoms with Gasteiger partial charge in [0.15, 0.2) is 9.84 Å². The van der Waals surface area contributed by atoms with Gasteiger partial charge in [0.05, 0.1) is 22.8 Å². The highest BCUT2D eigenvalue weighted by molar-refractivity contribution is 7.92. The lowest BCUT2D eigenvalue weighted by Crippen LogP contribution is -2.41. The van der Waals surface area contributed by atoms with E-state index in [-0.39, 0.29) is 17.8 Å². The highest BCUT2D eigenvalue weighted by Gasteiger charge is 2.47. The maximum absolute atomic E-state index is 12.5. The number of benzene rings is 1.